The maximum Gasteiger partial charge on any atom is 0.145 e. The number of carbonyl (C=O) groups excluding carboxylic acids is 12. The molecule has 0 bridgehead atoms. The van der Waals surface area contributed by atoms with E-state index in [1.54, 1.807) is 47.3 Å². The van der Waals surface area contributed by atoms with Gasteiger partial charge in [-0.2, -0.15) is 0 Å². The number of carbonyl (C=O) groups is 12. The zero-order valence-electron chi connectivity index (χ0n) is 55.3. The van der Waals surface area contributed by atoms with E-state index in [0.717, 1.165) is 112 Å². The standard InChI is InChI=1S/C21H36O6.C15H24O5.2C15H22O4.C4H8O2/c1-16(24)10-11-18(15-23)6-5-8-19(17(2)25)7-3-4-9-20(26)14-21(27)12-13-22;1-20-10-3-2-5-13(11-17)7-8-15(19)14(12-18)6-4-9-16;2*1-19-11-3-2-6-14(12-17)7-4-8-15(13-18)9-5-10-16;1-4(6)2-3-5/h6-7,15-17,20,22,24-26H,3-5,8-14H2,1-2H3;5,9,11-12,14-15,19H,2-4,6-8,10H2,1H3;2*6,8,10,12-13H,2-5,7,9,11H2,1H3;5H,2-3H2,1H3/b18-6-,19-7-;13-5-;2*14-6-,15-8-;. The van der Waals surface area contributed by atoms with Gasteiger partial charge in [0, 0.05) is 98.8 Å². The van der Waals surface area contributed by atoms with Crippen LogP contribution in [-0.4, -0.2) is 184 Å². The average molecular weight is 1290 g/mol. The van der Waals surface area contributed by atoms with Gasteiger partial charge >= 0.3 is 0 Å². The molecule has 0 radical (unpaired) electrons. The Morgan fingerprint density at radius 2 is 0.758 bits per heavy atom. The Bertz CT molecular complexity index is 2080. The molecule has 0 saturated carbocycles. The van der Waals surface area contributed by atoms with Crippen molar-refractivity contribution in [1.29, 1.82) is 0 Å². The summed E-state index contributed by atoms with van der Waals surface area (Å²) >= 11 is 0. The highest BCUT2D eigenvalue weighted by atomic mass is 16.5. The maximum absolute atomic E-state index is 11.4. The van der Waals surface area contributed by atoms with Crippen LogP contribution in [0.15, 0.2) is 81.5 Å². The molecule has 0 heterocycles. The molecule has 0 spiro atoms. The maximum atomic E-state index is 11.4. The number of aldehydes is 10. The molecule has 0 aliphatic heterocycles. The first-order chi connectivity index (χ1) is 43.8. The summed E-state index contributed by atoms with van der Waals surface area (Å²) in [6.07, 6.45) is 33.6. The lowest BCUT2D eigenvalue weighted by Crippen LogP contribution is -2.22. The van der Waals surface area contributed by atoms with Gasteiger partial charge in [0.05, 0.1) is 24.4 Å². The number of aliphatic hydroxyl groups is 6. The van der Waals surface area contributed by atoms with E-state index in [9.17, 15) is 78.0 Å². The molecule has 0 aromatic heterocycles. The zero-order chi connectivity index (χ0) is 69.6. The summed E-state index contributed by atoms with van der Waals surface area (Å²) in [6.45, 7) is 6.65. The van der Waals surface area contributed by atoms with E-state index in [-0.39, 0.29) is 44.0 Å². The quantitative estimate of drug-likeness (QED) is 0.0144. The number of aliphatic hydroxyl groups excluding tert-OH is 6. The van der Waals surface area contributed by atoms with E-state index >= 15 is 0 Å². The third-order valence-electron chi connectivity index (χ3n) is 13.3. The van der Waals surface area contributed by atoms with Gasteiger partial charge in [0.1, 0.15) is 74.4 Å². The van der Waals surface area contributed by atoms with Crippen molar-refractivity contribution < 1.29 is 102 Å². The lowest BCUT2D eigenvalue weighted by atomic mass is 9.93. The number of unbranched alkanes of at least 4 members (excludes halogenated alkanes) is 4. The van der Waals surface area contributed by atoms with Crippen molar-refractivity contribution in [2.24, 2.45) is 5.92 Å². The van der Waals surface area contributed by atoms with Crippen molar-refractivity contribution in [2.75, 3.05) is 54.4 Å². The van der Waals surface area contributed by atoms with Crippen molar-refractivity contribution in [3.05, 3.63) is 81.5 Å². The highest BCUT2D eigenvalue weighted by molar-refractivity contribution is 5.79. The summed E-state index contributed by atoms with van der Waals surface area (Å²) < 4.78 is 14.8. The summed E-state index contributed by atoms with van der Waals surface area (Å²) in [5, 5.41) is 55.6. The number of hydrogen-bond donors (Lipinski definition) is 6. The summed E-state index contributed by atoms with van der Waals surface area (Å²) in [5.41, 5.74) is 4.91. The first-order valence-electron chi connectivity index (χ1n) is 31.5. The fourth-order valence-corrected chi connectivity index (χ4v) is 7.91. The fraction of sp³-hybridized carbons (Fsp3) is 0.629. The predicted octanol–water partition coefficient (Wildman–Crippen LogP) is 8.51. The van der Waals surface area contributed by atoms with Crippen LogP contribution in [0.2, 0.25) is 0 Å². The molecule has 0 amide bonds. The molecular formula is C70H112O21. The van der Waals surface area contributed by atoms with E-state index in [4.69, 9.17) is 24.4 Å². The smallest absolute Gasteiger partial charge is 0.145 e. The number of rotatable bonds is 55. The molecule has 0 aliphatic rings. The minimum Gasteiger partial charge on any atom is -0.396 e. The zero-order valence-corrected chi connectivity index (χ0v) is 55.3. The molecule has 91 heavy (non-hydrogen) atoms. The van der Waals surface area contributed by atoms with Crippen molar-refractivity contribution >= 4 is 74.4 Å². The number of hydrogen-bond acceptors (Lipinski definition) is 21. The van der Waals surface area contributed by atoms with Gasteiger partial charge in [-0.3, -0.25) is 38.4 Å². The molecule has 0 saturated heterocycles. The normalized spacial score (nSPS) is 13.6. The summed E-state index contributed by atoms with van der Waals surface area (Å²) in [5.74, 6) is -0.641. The van der Waals surface area contributed by atoms with Gasteiger partial charge in [-0.15, -0.1) is 0 Å². The molecule has 21 heteroatoms. The first kappa shape index (κ1) is 93.6. The molecule has 5 unspecified atom stereocenters. The number of ketones is 2. The Morgan fingerprint density at radius 3 is 1.09 bits per heavy atom. The van der Waals surface area contributed by atoms with Crippen LogP contribution in [0.5, 0.6) is 0 Å². The Kier molecular flexibility index (Phi) is 75.0. The van der Waals surface area contributed by atoms with Crippen molar-refractivity contribution in [2.45, 2.75) is 225 Å². The molecule has 0 aromatic rings. The molecule has 0 aromatic carbocycles. The molecule has 0 rings (SSSR count). The van der Waals surface area contributed by atoms with Gasteiger partial charge in [-0.25, -0.2) is 0 Å². The van der Waals surface area contributed by atoms with Crippen molar-refractivity contribution in [3.8, 4) is 0 Å². The molecule has 6 N–H and O–H groups in total. The van der Waals surface area contributed by atoms with Gasteiger partial charge in [-0.1, -0.05) is 42.5 Å². The third-order valence-corrected chi connectivity index (χ3v) is 13.3. The number of allylic oxidation sites excluding steroid dienone is 13. The second-order valence-electron chi connectivity index (χ2n) is 21.3. The molecular weight excluding hydrogens is 1180 g/mol. The molecule has 5 atom stereocenters. The average Bonchev–Trinajstić information content (AvgIpc) is 3.66. The summed E-state index contributed by atoms with van der Waals surface area (Å²) in [7, 11) is 4.92. The lowest BCUT2D eigenvalue weighted by molar-refractivity contribution is -0.122. The van der Waals surface area contributed by atoms with Crippen LogP contribution < -0.4 is 0 Å². The minimum atomic E-state index is -0.810. The first-order valence-corrected chi connectivity index (χ1v) is 31.5. The molecule has 0 aliphatic carbocycles. The summed E-state index contributed by atoms with van der Waals surface area (Å²) in [6, 6.07) is 0. The van der Waals surface area contributed by atoms with Crippen LogP contribution in [0.25, 0.3) is 0 Å². The molecule has 518 valence electrons. The highest BCUT2D eigenvalue weighted by Gasteiger charge is 2.18. The van der Waals surface area contributed by atoms with E-state index in [0.29, 0.717) is 170 Å². The van der Waals surface area contributed by atoms with Crippen molar-refractivity contribution in [1.82, 2.24) is 0 Å². The number of methoxy groups -OCH3 is 3. The Hall–Kier alpha value is -6.14. The third kappa shape index (κ3) is 68.1. The monoisotopic (exact) mass is 1290 g/mol. The molecule has 21 nitrogen and oxygen atoms in total. The number of ether oxygens (including phenoxy) is 3. The van der Waals surface area contributed by atoms with Gasteiger partial charge < -0.3 is 64.0 Å². The second kappa shape index (κ2) is 72.9. The van der Waals surface area contributed by atoms with Crippen LogP contribution in [-0.2, 0) is 71.7 Å². The van der Waals surface area contributed by atoms with Gasteiger partial charge in [0.25, 0.3) is 0 Å². The van der Waals surface area contributed by atoms with Crippen LogP contribution in [0.3, 0.4) is 0 Å². The van der Waals surface area contributed by atoms with E-state index in [1.165, 1.54) is 6.92 Å². The number of Topliss-reactive ketones (excluding diaryl/α,β-unsaturated/α-hetero) is 2. The SMILES string of the molecule is CC(=O)CCO.CC(O)CC/C(C=O)=C/CC/C(=C/CCCC(O)CC(=O)CCO)C(C)O.COCCC/C=C(\C=O)CC/C=C(\C=O)CCC=O.COCCC/C=C(\C=O)CC/C=C(\C=O)CCC=O.COCCC/C=C(\C=O)CCC(O)C(C=O)CCC=O. The minimum absolute atomic E-state index is 0.0185. The van der Waals surface area contributed by atoms with Crippen LogP contribution in [0.1, 0.15) is 201 Å². The Labute approximate surface area is 541 Å². The Balaban J connectivity index is -0.000000353. The van der Waals surface area contributed by atoms with Crippen LogP contribution >= 0.6 is 0 Å². The topological polar surface area (TPSA) is 354 Å². The summed E-state index contributed by atoms with van der Waals surface area (Å²) in [4.78, 5) is 128. The van der Waals surface area contributed by atoms with Gasteiger partial charge in [-0.05, 0) is 201 Å². The largest absolute Gasteiger partial charge is 0.396 e. The predicted molar refractivity (Wildman–Crippen MR) is 351 cm³/mol. The van der Waals surface area contributed by atoms with Crippen molar-refractivity contribution in [3.63, 3.8) is 0 Å². The van der Waals surface area contributed by atoms with Crippen LogP contribution in [0.4, 0.5) is 0 Å². The lowest BCUT2D eigenvalue weighted by Gasteiger charge is -2.16. The van der Waals surface area contributed by atoms with Crippen LogP contribution in [0, 0.1) is 5.92 Å². The highest BCUT2D eigenvalue weighted by Crippen LogP contribution is 2.19. The fourth-order valence-electron chi connectivity index (χ4n) is 7.91. The Morgan fingerprint density at radius 1 is 0.396 bits per heavy atom. The van der Waals surface area contributed by atoms with Gasteiger partial charge in [0.2, 0.25) is 0 Å². The van der Waals surface area contributed by atoms with E-state index in [2.05, 4.69) is 0 Å². The molecule has 0 fully saturated rings. The van der Waals surface area contributed by atoms with E-state index in [1.807, 2.05) is 30.4 Å². The van der Waals surface area contributed by atoms with E-state index < -0.39 is 30.3 Å². The second-order valence-corrected chi connectivity index (χ2v) is 21.3. The van der Waals surface area contributed by atoms with Gasteiger partial charge in [0.15, 0.2) is 0 Å².